The zero-order chi connectivity index (χ0) is 24.4. The number of benzene rings is 1. The predicted molar refractivity (Wildman–Crippen MR) is 135 cm³/mol. The predicted octanol–water partition coefficient (Wildman–Crippen LogP) is 3.75. The number of aliphatic imine (C=N–C) groups is 1. The van der Waals surface area contributed by atoms with Crippen LogP contribution in [0.3, 0.4) is 0 Å². The lowest BCUT2D eigenvalue weighted by molar-refractivity contribution is -0.138. The molecular weight excluding hydrogens is 414 g/mol. The summed E-state index contributed by atoms with van der Waals surface area (Å²) in [5.41, 5.74) is 10.1. The van der Waals surface area contributed by atoms with E-state index in [9.17, 15) is 4.79 Å². The SMILES string of the molecule is C=C/C=C(\C=C/C)N(C)C1=C(C(=NC)NNC)C(c2ccccc2)C(C(=O)OCC)=C(C)N1. The molecule has 2 rings (SSSR count). The van der Waals surface area contributed by atoms with Crippen LogP contribution in [0.25, 0.3) is 0 Å². The second kappa shape index (κ2) is 12.5. The largest absolute Gasteiger partial charge is 0.463 e. The van der Waals surface area contributed by atoms with Gasteiger partial charge in [0, 0.05) is 38.1 Å². The number of amidine groups is 1. The van der Waals surface area contributed by atoms with Gasteiger partial charge in [0.15, 0.2) is 0 Å². The molecule has 0 fully saturated rings. The van der Waals surface area contributed by atoms with Crippen LogP contribution in [0.1, 0.15) is 32.3 Å². The van der Waals surface area contributed by atoms with E-state index in [-0.39, 0.29) is 5.97 Å². The molecule has 1 atom stereocenters. The fraction of sp³-hybridized carbons (Fsp3) is 0.308. The maximum absolute atomic E-state index is 13.2. The molecule has 7 nitrogen and oxygen atoms in total. The molecule has 0 radical (unpaired) electrons. The molecule has 0 aliphatic carbocycles. The van der Waals surface area contributed by atoms with Crippen molar-refractivity contribution in [2.45, 2.75) is 26.7 Å². The highest BCUT2D eigenvalue weighted by Crippen LogP contribution is 2.40. The second-order valence-electron chi connectivity index (χ2n) is 7.32. The van der Waals surface area contributed by atoms with Crippen LogP contribution in [0, 0.1) is 0 Å². The monoisotopic (exact) mass is 449 g/mol. The first-order valence-electron chi connectivity index (χ1n) is 11.0. The number of hydrogen-bond donors (Lipinski definition) is 3. The molecule has 0 bridgehead atoms. The topological polar surface area (TPSA) is 78.0 Å². The Morgan fingerprint density at radius 1 is 1.30 bits per heavy atom. The van der Waals surface area contributed by atoms with E-state index in [1.165, 1.54) is 0 Å². The van der Waals surface area contributed by atoms with Crippen LogP contribution in [-0.4, -0.2) is 44.5 Å². The smallest absolute Gasteiger partial charge is 0.336 e. The van der Waals surface area contributed by atoms with Gasteiger partial charge in [-0.15, -0.1) is 0 Å². The summed E-state index contributed by atoms with van der Waals surface area (Å²) < 4.78 is 5.46. The highest BCUT2D eigenvalue weighted by molar-refractivity contribution is 6.04. The molecule has 1 heterocycles. The van der Waals surface area contributed by atoms with E-state index in [1.807, 2.05) is 81.3 Å². The van der Waals surface area contributed by atoms with Crippen LogP contribution in [0.15, 0.2) is 94.6 Å². The summed E-state index contributed by atoms with van der Waals surface area (Å²) in [5, 5.41) is 3.45. The Morgan fingerprint density at radius 3 is 2.55 bits per heavy atom. The van der Waals surface area contributed by atoms with E-state index < -0.39 is 5.92 Å². The zero-order valence-electron chi connectivity index (χ0n) is 20.4. The van der Waals surface area contributed by atoms with Gasteiger partial charge >= 0.3 is 5.97 Å². The summed E-state index contributed by atoms with van der Waals surface area (Å²) in [7, 11) is 5.46. The lowest BCUT2D eigenvalue weighted by Gasteiger charge is -2.37. The zero-order valence-corrected chi connectivity index (χ0v) is 20.4. The van der Waals surface area contributed by atoms with Gasteiger partial charge in [0.05, 0.1) is 18.1 Å². The van der Waals surface area contributed by atoms with Gasteiger partial charge in [-0.25, -0.2) is 10.2 Å². The average molecular weight is 450 g/mol. The lowest BCUT2D eigenvalue weighted by atomic mass is 9.80. The molecule has 0 spiro atoms. The maximum Gasteiger partial charge on any atom is 0.336 e. The molecule has 3 N–H and O–H groups in total. The summed E-state index contributed by atoms with van der Waals surface area (Å²) in [5.74, 6) is 0.641. The third-order valence-electron chi connectivity index (χ3n) is 5.24. The summed E-state index contributed by atoms with van der Waals surface area (Å²) >= 11 is 0. The Hall–Kier alpha value is -3.58. The molecule has 33 heavy (non-hydrogen) atoms. The Kier molecular flexibility index (Phi) is 9.69. The van der Waals surface area contributed by atoms with E-state index in [1.54, 1.807) is 20.2 Å². The van der Waals surface area contributed by atoms with Crippen molar-refractivity contribution >= 4 is 11.8 Å². The van der Waals surface area contributed by atoms with Crippen LogP contribution < -0.4 is 16.2 Å². The van der Waals surface area contributed by atoms with Gasteiger partial charge in [0.2, 0.25) is 0 Å². The minimum absolute atomic E-state index is 0.292. The molecule has 0 saturated heterocycles. The molecule has 0 saturated carbocycles. The van der Waals surface area contributed by atoms with E-state index >= 15 is 0 Å². The second-order valence-corrected chi connectivity index (χ2v) is 7.32. The maximum atomic E-state index is 13.2. The minimum atomic E-state index is -0.404. The van der Waals surface area contributed by atoms with Crippen molar-refractivity contribution in [1.29, 1.82) is 0 Å². The van der Waals surface area contributed by atoms with Gasteiger partial charge in [0.1, 0.15) is 11.7 Å². The Balaban J connectivity index is 2.88. The van der Waals surface area contributed by atoms with Crippen molar-refractivity contribution < 1.29 is 9.53 Å². The molecule has 1 aliphatic heterocycles. The number of hydrazine groups is 1. The van der Waals surface area contributed by atoms with Gasteiger partial charge in [-0.3, -0.25) is 4.99 Å². The van der Waals surface area contributed by atoms with Gasteiger partial charge in [0.25, 0.3) is 0 Å². The highest BCUT2D eigenvalue weighted by Gasteiger charge is 2.38. The molecule has 7 heteroatoms. The molecule has 1 unspecified atom stereocenters. The number of rotatable bonds is 9. The van der Waals surface area contributed by atoms with Crippen LogP contribution >= 0.6 is 0 Å². The fourth-order valence-corrected chi connectivity index (χ4v) is 3.84. The van der Waals surface area contributed by atoms with Gasteiger partial charge in [-0.1, -0.05) is 49.1 Å². The van der Waals surface area contributed by atoms with Gasteiger partial charge in [-0.2, -0.15) is 0 Å². The number of dihydropyridines is 1. The van der Waals surface area contributed by atoms with Crippen molar-refractivity contribution in [2.24, 2.45) is 4.99 Å². The Morgan fingerprint density at radius 2 is 2.00 bits per heavy atom. The molecule has 1 aromatic rings. The fourth-order valence-electron chi connectivity index (χ4n) is 3.84. The van der Waals surface area contributed by atoms with Crippen LogP contribution in [-0.2, 0) is 9.53 Å². The minimum Gasteiger partial charge on any atom is -0.463 e. The quantitative estimate of drug-likeness (QED) is 0.175. The van der Waals surface area contributed by atoms with E-state index in [4.69, 9.17) is 4.74 Å². The first-order chi connectivity index (χ1) is 15.9. The van der Waals surface area contributed by atoms with Crippen molar-refractivity contribution in [3.05, 3.63) is 95.1 Å². The molecule has 0 aromatic heterocycles. The Labute approximate surface area is 197 Å². The molecule has 176 valence electrons. The Bertz CT molecular complexity index is 1000. The molecule has 1 aromatic carbocycles. The number of nitrogens with one attached hydrogen (secondary N) is 3. The average Bonchev–Trinajstić information content (AvgIpc) is 2.82. The summed E-state index contributed by atoms with van der Waals surface area (Å²) in [6.45, 7) is 9.81. The molecule has 1 aliphatic rings. The van der Waals surface area contributed by atoms with Crippen molar-refractivity contribution in [2.75, 3.05) is 27.7 Å². The highest BCUT2D eigenvalue weighted by atomic mass is 16.5. The summed E-state index contributed by atoms with van der Waals surface area (Å²) in [6, 6.07) is 9.92. The summed E-state index contributed by atoms with van der Waals surface area (Å²) in [6.07, 6.45) is 7.64. The first kappa shape index (κ1) is 25.7. The molecule has 0 amide bonds. The third kappa shape index (κ3) is 5.81. The van der Waals surface area contributed by atoms with Crippen LogP contribution in [0.5, 0.6) is 0 Å². The lowest BCUT2D eigenvalue weighted by Crippen LogP contribution is -2.44. The van der Waals surface area contributed by atoms with Gasteiger partial charge < -0.3 is 20.4 Å². The summed E-state index contributed by atoms with van der Waals surface area (Å²) in [4.78, 5) is 19.7. The number of esters is 1. The molecular formula is C26H35N5O2. The standard InChI is InChI=1S/C26H35N5O2/c1-8-14-20(15-9-2)31(7)25-23(24(27-5)30-28-6)22(19-16-12-11-13-17-19)21(18(4)29-25)26(32)33-10-3/h8-9,11-17,22,28-29H,1,10H2,2-7H3,(H,27,30)/b15-9-,20-14+. The van der Waals surface area contributed by atoms with Crippen LogP contribution in [0.4, 0.5) is 0 Å². The number of likely N-dealkylation sites (N-methyl/N-ethyl adjacent to an activating group) is 1. The first-order valence-corrected chi connectivity index (χ1v) is 11.0. The van der Waals surface area contributed by atoms with Crippen molar-refractivity contribution in [1.82, 2.24) is 21.1 Å². The van der Waals surface area contributed by atoms with Crippen molar-refractivity contribution in [3.8, 4) is 0 Å². The number of ether oxygens (including phenoxy) is 1. The van der Waals surface area contributed by atoms with Crippen LogP contribution in [0.2, 0.25) is 0 Å². The van der Waals surface area contributed by atoms with E-state index in [2.05, 4.69) is 27.7 Å². The third-order valence-corrected chi connectivity index (χ3v) is 5.24. The van der Waals surface area contributed by atoms with E-state index in [0.717, 1.165) is 28.4 Å². The number of carbonyl (C=O) groups excluding carboxylic acids is 1. The number of carbonyl (C=O) groups is 1. The number of allylic oxidation sites excluding steroid dienone is 5. The normalized spacial score (nSPS) is 17.2. The number of hydrogen-bond acceptors (Lipinski definition) is 6. The number of nitrogens with zero attached hydrogens (tertiary/aromatic N) is 2. The van der Waals surface area contributed by atoms with Gasteiger partial charge in [-0.05, 0) is 38.5 Å². The van der Waals surface area contributed by atoms with E-state index in [0.29, 0.717) is 18.0 Å². The van der Waals surface area contributed by atoms with Crippen molar-refractivity contribution in [3.63, 3.8) is 0 Å².